The molecule has 3 aromatic carbocycles. The number of methoxy groups -OCH3 is 1. The Balaban J connectivity index is 0.00000433. The topological polar surface area (TPSA) is 195 Å². The molecule has 6 rings (SSSR count). The molecule has 1 fully saturated rings. The predicted molar refractivity (Wildman–Crippen MR) is 168 cm³/mol. The summed E-state index contributed by atoms with van der Waals surface area (Å²) in [5.41, 5.74) is 3.93. The van der Waals surface area contributed by atoms with Gasteiger partial charge in [-0.25, -0.2) is 0 Å². The number of Topliss-reactive ketones (excluding diaryl/α,β-unsaturated/α-hetero) is 1. The molecular formula is C34H36ClNO11. The molecule has 0 bridgehead atoms. The number of halogens is 1. The second-order valence-electron chi connectivity index (χ2n) is 11.9. The first-order valence-electron chi connectivity index (χ1n) is 14.9. The molecule has 0 radical (unpaired) electrons. The highest BCUT2D eigenvalue weighted by molar-refractivity contribution is 6.31. The molecule has 0 unspecified atom stereocenters. The first-order valence-corrected chi connectivity index (χ1v) is 14.9. The highest BCUT2D eigenvalue weighted by Gasteiger charge is 2.50. The summed E-state index contributed by atoms with van der Waals surface area (Å²) in [7, 11) is 1.34. The first kappa shape index (κ1) is 34.5. The van der Waals surface area contributed by atoms with Gasteiger partial charge in [-0.2, -0.15) is 0 Å². The molecule has 1 aliphatic heterocycles. The Labute approximate surface area is 276 Å². The van der Waals surface area contributed by atoms with Gasteiger partial charge in [0.2, 0.25) is 5.78 Å². The van der Waals surface area contributed by atoms with Crippen LogP contribution in [-0.4, -0.2) is 81.6 Å². The molecule has 1 heterocycles. The molecule has 0 aromatic heterocycles. The van der Waals surface area contributed by atoms with Crippen LogP contribution in [0.25, 0.3) is 0 Å². The van der Waals surface area contributed by atoms with Crippen molar-refractivity contribution in [2.24, 2.45) is 5.73 Å². The third-order valence-electron chi connectivity index (χ3n) is 9.06. The van der Waals surface area contributed by atoms with E-state index in [1.54, 1.807) is 6.92 Å². The smallest absolute Gasteiger partial charge is 0.202 e. The first-order chi connectivity index (χ1) is 22.0. The SMILES string of the molecule is COc1cccc2c1C(=O)c1c(O)c3c(c(O)c1C2=O)C[C@@](O)(C(=O)CO)C[C@@H]3O[C@H]1C[C@H](N)[C@@H](OCc2ccccc2)[C@H](C)O1.Cl. The van der Waals surface area contributed by atoms with Gasteiger partial charge in [-0.05, 0) is 18.6 Å². The van der Waals surface area contributed by atoms with Gasteiger partial charge in [-0.1, -0.05) is 42.5 Å². The Hall–Kier alpha value is -3.88. The molecule has 0 spiro atoms. The number of nitrogens with two attached hydrogens (primary N) is 1. The largest absolute Gasteiger partial charge is 0.507 e. The van der Waals surface area contributed by atoms with Crippen molar-refractivity contribution >= 4 is 29.8 Å². The number of phenols is 2. The maximum absolute atomic E-state index is 13.8. The van der Waals surface area contributed by atoms with Gasteiger partial charge < -0.3 is 45.1 Å². The van der Waals surface area contributed by atoms with Crippen LogP contribution in [0.2, 0.25) is 0 Å². The Bertz CT molecular complexity index is 1700. The van der Waals surface area contributed by atoms with E-state index in [-0.39, 0.29) is 46.8 Å². The third kappa shape index (κ3) is 5.91. The number of benzene rings is 3. The summed E-state index contributed by atoms with van der Waals surface area (Å²) in [5, 5.41) is 44.3. The number of carbonyl (C=O) groups is 3. The van der Waals surface area contributed by atoms with Crippen LogP contribution in [0, 0.1) is 0 Å². The fourth-order valence-corrected chi connectivity index (χ4v) is 6.77. The maximum atomic E-state index is 13.8. The van der Waals surface area contributed by atoms with Gasteiger partial charge in [0, 0.05) is 42.0 Å². The summed E-state index contributed by atoms with van der Waals surface area (Å²) in [6.45, 7) is 1.06. The van der Waals surface area contributed by atoms with Crippen LogP contribution in [0.15, 0.2) is 48.5 Å². The normalized spacial score (nSPS) is 26.4. The molecule has 3 aromatic rings. The molecule has 0 amide bonds. The van der Waals surface area contributed by atoms with Crippen molar-refractivity contribution in [1.82, 2.24) is 0 Å². The number of hydrogen-bond donors (Lipinski definition) is 5. The number of rotatable bonds is 8. The summed E-state index contributed by atoms with van der Waals surface area (Å²) in [5.74, 6) is -3.68. The molecular weight excluding hydrogens is 634 g/mol. The van der Waals surface area contributed by atoms with Crippen molar-refractivity contribution < 1.29 is 53.8 Å². The predicted octanol–water partition coefficient (Wildman–Crippen LogP) is 2.65. The summed E-state index contributed by atoms with van der Waals surface area (Å²) in [4.78, 5) is 40.3. The van der Waals surface area contributed by atoms with Gasteiger partial charge in [-0.15, -0.1) is 12.4 Å². The molecule has 250 valence electrons. The number of aliphatic hydroxyl groups is 2. The second-order valence-corrected chi connectivity index (χ2v) is 11.9. The van der Waals surface area contributed by atoms with E-state index in [2.05, 4.69) is 0 Å². The minimum Gasteiger partial charge on any atom is -0.507 e. The van der Waals surface area contributed by atoms with E-state index in [1.165, 1.54) is 25.3 Å². The lowest BCUT2D eigenvalue weighted by Gasteiger charge is -2.43. The lowest BCUT2D eigenvalue weighted by molar-refractivity contribution is -0.254. The van der Waals surface area contributed by atoms with E-state index >= 15 is 0 Å². The molecule has 3 aliphatic rings. The zero-order chi connectivity index (χ0) is 32.9. The summed E-state index contributed by atoms with van der Waals surface area (Å²) < 4.78 is 23.7. The van der Waals surface area contributed by atoms with Crippen LogP contribution in [0.5, 0.6) is 17.2 Å². The zero-order valence-electron chi connectivity index (χ0n) is 25.7. The molecule has 1 saturated heterocycles. The fraction of sp³-hybridized carbons (Fsp3) is 0.382. The average Bonchev–Trinajstić information content (AvgIpc) is 3.04. The zero-order valence-corrected chi connectivity index (χ0v) is 26.5. The van der Waals surface area contributed by atoms with E-state index in [0.29, 0.717) is 6.61 Å². The van der Waals surface area contributed by atoms with Crippen LogP contribution in [-0.2, 0) is 32.0 Å². The van der Waals surface area contributed by atoms with Gasteiger partial charge in [0.25, 0.3) is 0 Å². The van der Waals surface area contributed by atoms with Crippen molar-refractivity contribution in [3.8, 4) is 17.2 Å². The fourth-order valence-electron chi connectivity index (χ4n) is 6.77. The van der Waals surface area contributed by atoms with E-state index in [4.69, 9.17) is 24.7 Å². The van der Waals surface area contributed by atoms with Gasteiger partial charge in [0.15, 0.2) is 17.9 Å². The van der Waals surface area contributed by atoms with Gasteiger partial charge in [-0.3, -0.25) is 14.4 Å². The molecule has 6 atom stereocenters. The number of hydrogen-bond acceptors (Lipinski definition) is 12. The minimum atomic E-state index is -2.24. The van der Waals surface area contributed by atoms with Crippen molar-refractivity contribution in [2.75, 3.05) is 13.7 Å². The Morgan fingerprint density at radius 3 is 2.38 bits per heavy atom. The minimum absolute atomic E-state index is 0. The van der Waals surface area contributed by atoms with Gasteiger partial charge >= 0.3 is 0 Å². The van der Waals surface area contributed by atoms with E-state index in [1.807, 2.05) is 30.3 Å². The Kier molecular flexibility index (Phi) is 9.76. The molecule has 6 N–H and O–H groups in total. The Morgan fingerprint density at radius 2 is 1.72 bits per heavy atom. The van der Waals surface area contributed by atoms with Crippen molar-refractivity contribution in [3.05, 3.63) is 87.5 Å². The van der Waals surface area contributed by atoms with Crippen LogP contribution in [0.4, 0.5) is 0 Å². The molecule has 0 saturated carbocycles. The average molecular weight is 670 g/mol. The number of fused-ring (bicyclic) bond motifs is 3. The number of carbonyl (C=O) groups excluding carboxylic acids is 3. The molecule has 13 heteroatoms. The lowest BCUT2D eigenvalue weighted by atomic mass is 9.72. The number of phenolic OH excluding ortho intramolecular Hbond substituents is 2. The number of aromatic hydroxyl groups is 2. The van der Waals surface area contributed by atoms with Crippen LogP contribution < -0.4 is 10.5 Å². The van der Waals surface area contributed by atoms with Crippen molar-refractivity contribution in [3.63, 3.8) is 0 Å². The van der Waals surface area contributed by atoms with Crippen molar-refractivity contribution in [1.29, 1.82) is 0 Å². The van der Waals surface area contributed by atoms with Crippen LogP contribution >= 0.6 is 12.4 Å². The Morgan fingerprint density at radius 1 is 1.02 bits per heavy atom. The van der Waals surface area contributed by atoms with Crippen LogP contribution in [0.1, 0.15) is 74.4 Å². The van der Waals surface area contributed by atoms with E-state index in [0.717, 1.165) is 5.56 Å². The number of ketones is 3. The third-order valence-corrected chi connectivity index (χ3v) is 9.06. The quantitative estimate of drug-likeness (QED) is 0.172. The molecule has 47 heavy (non-hydrogen) atoms. The second kappa shape index (κ2) is 13.3. The van der Waals surface area contributed by atoms with E-state index in [9.17, 15) is 34.8 Å². The van der Waals surface area contributed by atoms with Gasteiger partial charge in [0.05, 0.1) is 48.7 Å². The van der Waals surface area contributed by atoms with Gasteiger partial charge in [0.1, 0.15) is 29.5 Å². The lowest BCUT2D eigenvalue weighted by Crippen LogP contribution is -2.54. The maximum Gasteiger partial charge on any atom is 0.202 e. The number of aliphatic hydroxyl groups excluding tert-OH is 1. The van der Waals surface area contributed by atoms with Crippen molar-refractivity contribution in [2.45, 2.75) is 69.0 Å². The summed E-state index contributed by atoms with van der Waals surface area (Å²) >= 11 is 0. The highest BCUT2D eigenvalue weighted by Crippen LogP contribution is 2.52. The monoisotopic (exact) mass is 669 g/mol. The molecule has 2 aliphatic carbocycles. The molecule has 12 nitrogen and oxygen atoms in total. The number of ether oxygens (including phenoxy) is 4. The standard InChI is InChI=1S/C34H35NO11.ClH/c1-16-33(44-15-17-7-4-3-5-8-17)20(35)11-24(45-16)46-22-13-34(42,23(37)14-36)12-19-26(22)32(41)28-27(30(19)39)29(38)18-9-6-10-21(43-2)25(18)31(28)40;/h3-10,16,20,22,24,33,36,39,41-42H,11-15,35H2,1-2H3;1H/t16-,20-,22-,24-,33-,34-;/m0./s1. The summed E-state index contributed by atoms with van der Waals surface area (Å²) in [6.07, 6.45) is -4.26. The van der Waals surface area contributed by atoms with E-state index < -0.39 is 95.7 Å². The summed E-state index contributed by atoms with van der Waals surface area (Å²) in [6, 6.07) is 13.4. The highest BCUT2D eigenvalue weighted by atomic mass is 35.5. The van der Waals surface area contributed by atoms with Crippen LogP contribution in [0.3, 0.4) is 0 Å².